The van der Waals surface area contributed by atoms with E-state index in [1.807, 2.05) is 0 Å². The van der Waals surface area contributed by atoms with Crippen molar-refractivity contribution in [1.82, 2.24) is 15.0 Å². The molecule has 5 nitrogen and oxygen atoms in total. The van der Waals surface area contributed by atoms with E-state index in [2.05, 4.69) is 10.3 Å². The van der Waals surface area contributed by atoms with Gasteiger partial charge in [-0.15, -0.1) is 5.10 Å². The van der Waals surface area contributed by atoms with Gasteiger partial charge in [0.15, 0.2) is 11.5 Å². The smallest absolute Gasteiger partial charge is 0.356 e. The zero-order valence-corrected chi connectivity index (χ0v) is 8.82. The second kappa shape index (κ2) is 4.10. The Hall–Kier alpha value is -2.02. The van der Waals surface area contributed by atoms with Crippen LogP contribution in [0.3, 0.4) is 0 Å². The maximum atomic E-state index is 13.5. The van der Waals surface area contributed by atoms with E-state index < -0.39 is 17.6 Å². The average molecular weight is 260 g/mol. The predicted octanol–water partition coefficient (Wildman–Crippen LogP) is 1.90. The first-order valence-corrected chi connectivity index (χ1v) is 4.67. The minimum Gasteiger partial charge on any atom is -0.476 e. The van der Waals surface area contributed by atoms with Crippen LogP contribution in [0.4, 0.5) is 8.78 Å². The molecule has 0 bridgehead atoms. The maximum Gasteiger partial charge on any atom is 0.356 e. The topological polar surface area (TPSA) is 68.0 Å². The number of halogens is 3. The Labute approximate surface area is 98.2 Å². The highest BCUT2D eigenvalue weighted by atomic mass is 35.5. The first-order valence-electron chi connectivity index (χ1n) is 4.29. The van der Waals surface area contributed by atoms with Crippen LogP contribution >= 0.6 is 11.6 Å². The van der Waals surface area contributed by atoms with Crippen molar-refractivity contribution < 1.29 is 18.7 Å². The van der Waals surface area contributed by atoms with Gasteiger partial charge in [0, 0.05) is 6.07 Å². The molecular weight excluding hydrogens is 256 g/mol. The Balaban J connectivity index is 2.69. The molecule has 8 heteroatoms. The zero-order valence-electron chi connectivity index (χ0n) is 8.06. The van der Waals surface area contributed by atoms with Gasteiger partial charge < -0.3 is 5.11 Å². The van der Waals surface area contributed by atoms with Crippen molar-refractivity contribution in [2.75, 3.05) is 0 Å². The lowest BCUT2D eigenvalue weighted by Crippen LogP contribution is -2.10. The molecule has 88 valence electrons. The van der Waals surface area contributed by atoms with Gasteiger partial charge in [0.05, 0.1) is 11.2 Å². The molecule has 0 saturated carbocycles. The minimum absolute atomic E-state index is 0.296. The van der Waals surface area contributed by atoms with Crippen LogP contribution in [0.1, 0.15) is 10.5 Å². The van der Waals surface area contributed by atoms with E-state index in [-0.39, 0.29) is 16.4 Å². The Morgan fingerprint density at radius 2 is 2.12 bits per heavy atom. The van der Waals surface area contributed by atoms with E-state index >= 15 is 0 Å². The summed E-state index contributed by atoms with van der Waals surface area (Å²) in [6.45, 7) is 0. The van der Waals surface area contributed by atoms with Crippen LogP contribution < -0.4 is 0 Å². The highest BCUT2D eigenvalue weighted by Crippen LogP contribution is 2.25. The molecule has 0 aliphatic rings. The number of nitrogens with zero attached hydrogens (tertiary/aromatic N) is 3. The van der Waals surface area contributed by atoms with Gasteiger partial charge in [0.1, 0.15) is 11.5 Å². The number of hydrogen-bond donors (Lipinski definition) is 1. The lowest BCUT2D eigenvalue weighted by Gasteiger charge is -2.06. The zero-order chi connectivity index (χ0) is 12.6. The summed E-state index contributed by atoms with van der Waals surface area (Å²) in [6.07, 6.45) is 0.932. The largest absolute Gasteiger partial charge is 0.476 e. The molecule has 0 atom stereocenters. The summed E-state index contributed by atoms with van der Waals surface area (Å²) < 4.78 is 27.0. The lowest BCUT2D eigenvalue weighted by atomic mass is 10.3. The normalized spacial score (nSPS) is 10.5. The van der Waals surface area contributed by atoms with Crippen LogP contribution in [0.2, 0.25) is 5.02 Å². The van der Waals surface area contributed by atoms with Gasteiger partial charge in [0.25, 0.3) is 0 Å². The molecule has 2 aromatic rings. The fourth-order valence-corrected chi connectivity index (χ4v) is 1.56. The van der Waals surface area contributed by atoms with Gasteiger partial charge in [0.2, 0.25) is 0 Å². The molecule has 17 heavy (non-hydrogen) atoms. The van der Waals surface area contributed by atoms with Gasteiger partial charge in [-0.25, -0.2) is 18.3 Å². The third-order valence-corrected chi connectivity index (χ3v) is 2.25. The fraction of sp³-hybridized carbons (Fsp3) is 0. The first-order chi connectivity index (χ1) is 8.00. The van der Waals surface area contributed by atoms with Gasteiger partial charge in [-0.05, 0) is 6.07 Å². The number of benzene rings is 1. The van der Waals surface area contributed by atoms with Crippen molar-refractivity contribution in [1.29, 1.82) is 0 Å². The molecule has 0 spiro atoms. The van der Waals surface area contributed by atoms with Crippen LogP contribution in [-0.2, 0) is 0 Å². The van der Waals surface area contributed by atoms with Crippen LogP contribution in [0.25, 0.3) is 5.69 Å². The third kappa shape index (κ3) is 1.96. The fourth-order valence-electron chi connectivity index (χ4n) is 1.28. The number of rotatable bonds is 2. The highest BCUT2D eigenvalue weighted by molar-refractivity contribution is 6.32. The Morgan fingerprint density at radius 3 is 2.71 bits per heavy atom. The molecule has 0 aliphatic heterocycles. The van der Waals surface area contributed by atoms with Gasteiger partial charge >= 0.3 is 5.97 Å². The van der Waals surface area contributed by atoms with Gasteiger partial charge in [-0.1, -0.05) is 16.8 Å². The molecule has 2 rings (SSSR count). The summed E-state index contributed by atoms with van der Waals surface area (Å²) >= 11 is 5.64. The first kappa shape index (κ1) is 11.5. The maximum absolute atomic E-state index is 13.5. The molecule has 0 aliphatic carbocycles. The van der Waals surface area contributed by atoms with Crippen molar-refractivity contribution in [3.05, 3.63) is 40.7 Å². The predicted molar refractivity (Wildman–Crippen MR) is 53.2 cm³/mol. The number of hydrogen-bond acceptors (Lipinski definition) is 3. The Kier molecular flexibility index (Phi) is 2.76. The second-order valence-electron chi connectivity index (χ2n) is 3.05. The van der Waals surface area contributed by atoms with Crippen LogP contribution in [-0.4, -0.2) is 26.1 Å². The number of aromatic nitrogens is 3. The van der Waals surface area contributed by atoms with Crippen LogP contribution in [0.15, 0.2) is 18.3 Å². The Bertz CT molecular complexity index is 577. The molecule has 0 unspecified atom stereocenters. The van der Waals surface area contributed by atoms with Crippen molar-refractivity contribution in [3.8, 4) is 5.69 Å². The van der Waals surface area contributed by atoms with Gasteiger partial charge in [-0.3, -0.25) is 0 Å². The number of carboxylic acid groups (broad SMARTS) is 1. The molecule has 1 aromatic heterocycles. The van der Waals surface area contributed by atoms with Crippen molar-refractivity contribution in [2.45, 2.75) is 0 Å². The Morgan fingerprint density at radius 1 is 1.41 bits per heavy atom. The summed E-state index contributed by atoms with van der Waals surface area (Å²) in [6, 6.07) is 1.43. The number of carboxylic acids is 1. The van der Waals surface area contributed by atoms with Crippen LogP contribution in [0, 0.1) is 11.6 Å². The van der Waals surface area contributed by atoms with E-state index in [9.17, 15) is 13.6 Å². The molecule has 1 aromatic carbocycles. The van der Waals surface area contributed by atoms with Crippen molar-refractivity contribution in [2.24, 2.45) is 0 Å². The van der Waals surface area contributed by atoms with E-state index in [4.69, 9.17) is 16.7 Å². The number of carbonyl (C=O) groups is 1. The molecular formula is C9H4ClF2N3O2. The number of aromatic carboxylic acids is 1. The standard InChI is InChI=1S/C9H4ClF2N3O2/c10-5-1-4(11)2-6(12)8(5)15-7(9(16)17)3-13-14-15/h1-3H,(H,16,17). The molecule has 1 N–H and O–H groups in total. The van der Waals surface area contributed by atoms with Crippen molar-refractivity contribution in [3.63, 3.8) is 0 Å². The monoisotopic (exact) mass is 259 g/mol. The van der Waals surface area contributed by atoms with E-state index in [0.717, 1.165) is 12.3 Å². The molecule has 1 heterocycles. The summed E-state index contributed by atoms with van der Waals surface area (Å²) in [5.74, 6) is -3.24. The third-order valence-electron chi connectivity index (χ3n) is 1.96. The van der Waals surface area contributed by atoms with E-state index in [0.29, 0.717) is 10.7 Å². The van der Waals surface area contributed by atoms with E-state index in [1.165, 1.54) is 0 Å². The SMILES string of the molecule is O=C(O)c1cnnn1-c1c(F)cc(F)cc1Cl. The van der Waals surface area contributed by atoms with Crippen LogP contribution in [0.5, 0.6) is 0 Å². The quantitative estimate of drug-likeness (QED) is 0.894. The summed E-state index contributed by atoms with van der Waals surface area (Å²) in [5, 5.41) is 15.3. The second-order valence-corrected chi connectivity index (χ2v) is 3.46. The summed E-state index contributed by atoms with van der Waals surface area (Å²) in [5.41, 5.74) is -0.736. The minimum atomic E-state index is -1.35. The van der Waals surface area contributed by atoms with E-state index in [1.54, 1.807) is 0 Å². The van der Waals surface area contributed by atoms with Gasteiger partial charge in [-0.2, -0.15) is 0 Å². The molecule has 0 amide bonds. The average Bonchev–Trinajstić information content (AvgIpc) is 2.64. The lowest BCUT2D eigenvalue weighted by molar-refractivity contribution is 0.0687. The molecule has 0 fully saturated rings. The molecule has 0 saturated heterocycles. The molecule has 0 radical (unpaired) electrons. The highest BCUT2D eigenvalue weighted by Gasteiger charge is 2.19. The summed E-state index contributed by atoms with van der Waals surface area (Å²) in [7, 11) is 0. The van der Waals surface area contributed by atoms with Crippen molar-refractivity contribution >= 4 is 17.6 Å². The summed E-state index contributed by atoms with van der Waals surface area (Å²) in [4.78, 5) is 10.8.